The molecule has 0 unspecified atom stereocenters. The molecule has 0 aliphatic carbocycles. The van der Waals surface area contributed by atoms with E-state index in [-0.39, 0.29) is 0 Å². The molecule has 0 amide bonds. The van der Waals surface area contributed by atoms with Gasteiger partial charge >= 0.3 is 0 Å². The summed E-state index contributed by atoms with van der Waals surface area (Å²) in [6.07, 6.45) is 4.09. The smallest absolute Gasteiger partial charge is 0.122 e. The van der Waals surface area contributed by atoms with Gasteiger partial charge in [-0.25, -0.2) is 4.98 Å². The second kappa shape index (κ2) is 5.88. The third-order valence-corrected chi connectivity index (χ3v) is 4.36. The van der Waals surface area contributed by atoms with E-state index in [4.69, 9.17) is 4.74 Å². The molecule has 0 fully saturated rings. The number of hydrogen-bond donors (Lipinski definition) is 0. The second-order valence-corrected chi connectivity index (χ2v) is 6.86. The Hall–Kier alpha value is -1.48. The van der Waals surface area contributed by atoms with E-state index in [1.807, 2.05) is 24.0 Å². The summed E-state index contributed by atoms with van der Waals surface area (Å²) in [5, 5.41) is 1.64. The van der Waals surface area contributed by atoms with Gasteiger partial charge in [0.15, 0.2) is 0 Å². The van der Waals surface area contributed by atoms with Crippen molar-refractivity contribution >= 4 is 11.8 Å². The van der Waals surface area contributed by atoms with E-state index in [1.54, 1.807) is 0 Å². The molecule has 0 atom stereocenters. The van der Waals surface area contributed by atoms with Crippen molar-refractivity contribution in [3.63, 3.8) is 0 Å². The molecule has 0 N–H and O–H groups in total. The van der Waals surface area contributed by atoms with Gasteiger partial charge in [0.1, 0.15) is 10.8 Å². The average molecular weight is 285 g/mol. The lowest BCUT2D eigenvalue weighted by molar-refractivity contribution is 0.288. The van der Waals surface area contributed by atoms with Crippen LogP contribution in [0.15, 0.2) is 41.6 Å². The SMILES string of the molecule is CC(C)Sc1ncccc1-c1ccc2c(c1)CCCO2. The molecule has 1 aromatic carbocycles. The summed E-state index contributed by atoms with van der Waals surface area (Å²) in [6.45, 7) is 5.24. The molecular weight excluding hydrogens is 266 g/mol. The van der Waals surface area contributed by atoms with Crippen LogP contribution in [0.2, 0.25) is 0 Å². The van der Waals surface area contributed by atoms with Gasteiger partial charge < -0.3 is 4.74 Å². The highest BCUT2D eigenvalue weighted by Crippen LogP contribution is 2.35. The summed E-state index contributed by atoms with van der Waals surface area (Å²) in [5.74, 6) is 1.04. The fraction of sp³-hybridized carbons (Fsp3) is 0.353. The molecule has 0 radical (unpaired) electrons. The zero-order valence-electron chi connectivity index (χ0n) is 11.9. The third-order valence-electron chi connectivity index (χ3n) is 3.34. The Labute approximate surface area is 124 Å². The predicted molar refractivity (Wildman–Crippen MR) is 84.5 cm³/mol. The predicted octanol–water partition coefficient (Wildman–Crippen LogP) is 4.57. The summed E-state index contributed by atoms with van der Waals surface area (Å²) in [7, 11) is 0. The molecule has 1 aromatic heterocycles. The highest BCUT2D eigenvalue weighted by molar-refractivity contribution is 7.99. The molecule has 20 heavy (non-hydrogen) atoms. The van der Waals surface area contributed by atoms with Crippen LogP contribution in [0.25, 0.3) is 11.1 Å². The van der Waals surface area contributed by atoms with Crippen molar-refractivity contribution in [1.29, 1.82) is 0 Å². The van der Waals surface area contributed by atoms with E-state index in [1.165, 1.54) is 16.7 Å². The van der Waals surface area contributed by atoms with Crippen LogP contribution in [0.1, 0.15) is 25.8 Å². The van der Waals surface area contributed by atoms with Gasteiger partial charge in [-0.05, 0) is 42.2 Å². The number of nitrogens with zero attached hydrogens (tertiary/aromatic N) is 1. The zero-order chi connectivity index (χ0) is 13.9. The van der Waals surface area contributed by atoms with E-state index < -0.39 is 0 Å². The number of fused-ring (bicyclic) bond motifs is 1. The number of pyridine rings is 1. The summed E-state index contributed by atoms with van der Waals surface area (Å²) >= 11 is 1.81. The average Bonchev–Trinajstić information content (AvgIpc) is 2.47. The molecule has 2 aromatic rings. The lowest BCUT2D eigenvalue weighted by Crippen LogP contribution is -2.08. The van der Waals surface area contributed by atoms with E-state index in [2.05, 4.69) is 43.1 Å². The molecule has 0 saturated carbocycles. The van der Waals surface area contributed by atoms with Gasteiger partial charge in [-0.15, -0.1) is 11.8 Å². The number of aromatic nitrogens is 1. The van der Waals surface area contributed by atoms with Gasteiger partial charge in [0.2, 0.25) is 0 Å². The quantitative estimate of drug-likeness (QED) is 0.771. The van der Waals surface area contributed by atoms with Gasteiger partial charge in [-0.2, -0.15) is 0 Å². The largest absolute Gasteiger partial charge is 0.493 e. The molecule has 3 rings (SSSR count). The third kappa shape index (κ3) is 2.83. The Morgan fingerprint density at radius 2 is 2.15 bits per heavy atom. The fourth-order valence-corrected chi connectivity index (χ4v) is 3.34. The highest BCUT2D eigenvalue weighted by Gasteiger charge is 2.14. The van der Waals surface area contributed by atoms with Crippen LogP contribution in [0.3, 0.4) is 0 Å². The minimum absolute atomic E-state index is 0.532. The van der Waals surface area contributed by atoms with Gasteiger partial charge in [0.25, 0.3) is 0 Å². The van der Waals surface area contributed by atoms with Crippen LogP contribution in [0.5, 0.6) is 5.75 Å². The first kappa shape index (κ1) is 13.5. The Kier molecular flexibility index (Phi) is 3.97. The molecule has 0 saturated heterocycles. The normalized spacial score (nSPS) is 13.9. The Bertz CT molecular complexity index is 610. The van der Waals surface area contributed by atoms with Crippen molar-refractivity contribution in [3.8, 4) is 16.9 Å². The number of ether oxygens (including phenoxy) is 1. The Morgan fingerprint density at radius 3 is 3.00 bits per heavy atom. The number of thioether (sulfide) groups is 1. The first-order valence-electron chi connectivity index (χ1n) is 7.12. The van der Waals surface area contributed by atoms with Crippen LogP contribution in [-0.2, 0) is 6.42 Å². The Balaban J connectivity index is 2.00. The summed E-state index contributed by atoms with van der Waals surface area (Å²) < 4.78 is 5.69. The fourth-order valence-electron chi connectivity index (χ4n) is 2.46. The monoisotopic (exact) mass is 285 g/mol. The standard InChI is InChI=1S/C17H19NOS/c1-12(2)20-17-15(6-3-9-18-17)13-7-8-16-14(11-13)5-4-10-19-16/h3,6-9,11-12H,4-5,10H2,1-2H3. The molecule has 1 aliphatic heterocycles. The lowest BCUT2D eigenvalue weighted by atomic mass is 10.00. The van der Waals surface area contributed by atoms with Crippen LogP contribution in [-0.4, -0.2) is 16.8 Å². The molecule has 0 bridgehead atoms. The van der Waals surface area contributed by atoms with Crippen molar-refractivity contribution in [2.45, 2.75) is 37.0 Å². The Morgan fingerprint density at radius 1 is 1.25 bits per heavy atom. The van der Waals surface area contributed by atoms with Crippen molar-refractivity contribution in [2.75, 3.05) is 6.61 Å². The number of hydrogen-bond acceptors (Lipinski definition) is 3. The summed E-state index contributed by atoms with van der Waals surface area (Å²) in [6, 6.07) is 10.7. The molecule has 2 nitrogen and oxygen atoms in total. The second-order valence-electron chi connectivity index (χ2n) is 5.30. The van der Waals surface area contributed by atoms with E-state index in [9.17, 15) is 0 Å². The maximum Gasteiger partial charge on any atom is 0.122 e. The number of rotatable bonds is 3. The van der Waals surface area contributed by atoms with Crippen molar-refractivity contribution < 1.29 is 4.74 Å². The van der Waals surface area contributed by atoms with E-state index >= 15 is 0 Å². The van der Waals surface area contributed by atoms with E-state index in [0.29, 0.717) is 5.25 Å². The summed E-state index contributed by atoms with van der Waals surface area (Å²) in [4.78, 5) is 4.54. The molecule has 3 heteroatoms. The molecule has 0 spiro atoms. The number of benzene rings is 1. The van der Waals surface area contributed by atoms with Crippen LogP contribution in [0, 0.1) is 0 Å². The number of aryl methyl sites for hydroxylation is 1. The molecule has 2 heterocycles. The minimum atomic E-state index is 0.532. The molecule has 104 valence electrons. The molecular formula is C17H19NOS. The first-order chi connectivity index (χ1) is 9.74. The van der Waals surface area contributed by atoms with Gasteiger partial charge in [0.05, 0.1) is 6.61 Å². The van der Waals surface area contributed by atoms with Crippen molar-refractivity contribution in [3.05, 3.63) is 42.1 Å². The highest BCUT2D eigenvalue weighted by atomic mass is 32.2. The van der Waals surface area contributed by atoms with Crippen LogP contribution in [0.4, 0.5) is 0 Å². The van der Waals surface area contributed by atoms with Crippen LogP contribution >= 0.6 is 11.8 Å². The maximum atomic E-state index is 5.69. The molecule has 1 aliphatic rings. The van der Waals surface area contributed by atoms with Crippen molar-refractivity contribution in [2.24, 2.45) is 0 Å². The summed E-state index contributed by atoms with van der Waals surface area (Å²) in [5.41, 5.74) is 3.78. The van der Waals surface area contributed by atoms with E-state index in [0.717, 1.165) is 30.2 Å². The van der Waals surface area contributed by atoms with Gasteiger partial charge in [-0.1, -0.05) is 26.0 Å². The zero-order valence-corrected chi connectivity index (χ0v) is 12.7. The van der Waals surface area contributed by atoms with Gasteiger partial charge in [-0.3, -0.25) is 0 Å². The first-order valence-corrected chi connectivity index (χ1v) is 8.00. The van der Waals surface area contributed by atoms with Gasteiger partial charge in [0, 0.05) is 17.0 Å². The van der Waals surface area contributed by atoms with Crippen molar-refractivity contribution in [1.82, 2.24) is 4.98 Å². The lowest BCUT2D eigenvalue weighted by Gasteiger charge is -2.18. The minimum Gasteiger partial charge on any atom is -0.493 e. The topological polar surface area (TPSA) is 22.1 Å². The maximum absolute atomic E-state index is 5.69. The van der Waals surface area contributed by atoms with Crippen LogP contribution < -0.4 is 4.74 Å².